The Bertz CT molecular complexity index is 594. The predicted molar refractivity (Wildman–Crippen MR) is 97.8 cm³/mol. The molecule has 0 spiro atoms. The summed E-state index contributed by atoms with van der Waals surface area (Å²) in [4.78, 5) is 37.7. The van der Waals surface area contributed by atoms with Gasteiger partial charge < -0.3 is 15.5 Å². The number of hydrogen-bond donors (Lipinski definition) is 2. The number of nitrogens with zero attached hydrogens (tertiary/aromatic N) is 1. The Morgan fingerprint density at radius 1 is 1.12 bits per heavy atom. The first-order valence-corrected chi connectivity index (χ1v) is 8.53. The van der Waals surface area contributed by atoms with E-state index in [1.165, 1.54) is 11.8 Å². The van der Waals surface area contributed by atoms with Crippen LogP contribution in [0.4, 0.5) is 0 Å². The third-order valence-electron chi connectivity index (χ3n) is 3.54. The van der Waals surface area contributed by atoms with Crippen LogP contribution in [0, 0.1) is 0 Å². The maximum Gasteiger partial charge on any atom is 0.240 e. The molecule has 3 amide bonds. The van der Waals surface area contributed by atoms with E-state index < -0.39 is 6.04 Å². The van der Waals surface area contributed by atoms with Gasteiger partial charge in [-0.2, -0.15) is 0 Å². The van der Waals surface area contributed by atoms with Gasteiger partial charge in [0.05, 0.1) is 19.0 Å². The number of amides is 3. The lowest BCUT2D eigenvalue weighted by molar-refractivity contribution is -0.137. The van der Waals surface area contributed by atoms with Crippen molar-refractivity contribution < 1.29 is 14.4 Å². The van der Waals surface area contributed by atoms with Gasteiger partial charge in [-0.15, -0.1) is 0 Å². The quantitative estimate of drug-likeness (QED) is 0.792. The highest BCUT2D eigenvalue weighted by Crippen LogP contribution is 2.18. The van der Waals surface area contributed by atoms with Gasteiger partial charge in [0.2, 0.25) is 17.7 Å². The van der Waals surface area contributed by atoms with Crippen LogP contribution in [-0.4, -0.2) is 41.2 Å². The number of benzene rings is 1. The average molecular weight is 347 g/mol. The van der Waals surface area contributed by atoms with Crippen molar-refractivity contribution in [2.75, 3.05) is 13.1 Å². The van der Waals surface area contributed by atoms with E-state index in [-0.39, 0.29) is 36.2 Å². The summed E-state index contributed by atoms with van der Waals surface area (Å²) in [7, 11) is 0. The normalized spacial score (nSPS) is 12.2. The van der Waals surface area contributed by atoms with E-state index in [2.05, 4.69) is 10.6 Å². The Morgan fingerprint density at radius 3 is 2.20 bits per heavy atom. The molecular weight excluding hydrogens is 318 g/mol. The second-order valence-electron chi connectivity index (χ2n) is 7.07. The molecule has 2 N–H and O–H groups in total. The Hall–Kier alpha value is -2.37. The molecule has 0 saturated carbocycles. The number of rotatable bonds is 7. The van der Waals surface area contributed by atoms with E-state index in [9.17, 15) is 14.4 Å². The van der Waals surface area contributed by atoms with Gasteiger partial charge in [0.25, 0.3) is 0 Å². The topological polar surface area (TPSA) is 78.5 Å². The SMILES string of the molecule is CCN(CC(=O)NC(C)(C)C)C(=O)CC(NC(C)=O)c1ccccc1. The first-order valence-electron chi connectivity index (χ1n) is 8.53. The fourth-order valence-corrected chi connectivity index (χ4v) is 2.49. The van der Waals surface area contributed by atoms with Gasteiger partial charge in [0.15, 0.2) is 0 Å². The number of nitrogens with one attached hydrogen (secondary N) is 2. The largest absolute Gasteiger partial charge is 0.350 e. The van der Waals surface area contributed by atoms with Crippen molar-refractivity contribution in [1.82, 2.24) is 15.5 Å². The van der Waals surface area contributed by atoms with E-state index in [1.807, 2.05) is 58.0 Å². The molecule has 6 heteroatoms. The molecule has 0 heterocycles. The van der Waals surface area contributed by atoms with Crippen LogP contribution < -0.4 is 10.6 Å². The summed E-state index contributed by atoms with van der Waals surface area (Å²) in [6.07, 6.45) is 0.111. The monoisotopic (exact) mass is 347 g/mol. The lowest BCUT2D eigenvalue weighted by Crippen LogP contribution is -2.47. The Kier molecular flexibility index (Phi) is 7.61. The van der Waals surface area contributed by atoms with Gasteiger partial charge in [-0.1, -0.05) is 30.3 Å². The van der Waals surface area contributed by atoms with Crippen molar-refractivity contribution >= 4 is 17.7 Å². The average Bonchev–Trinajstić information content (AvgIpc) is 2.50. The Morgan fingerprint density at radius 2 is 1.72 bits per heavy atom. The molecule has 1 atom stereocenters. The molecule has 6 nitrogen and oxygen atoms in total. The lowest BCUT2D eigenvalue weighted by Gasteiger charge is -2.26. The van der Waals surface area contributed by atoms with Gasteiger partial charge in [-0.05, 0) is 33.3 Å². The minimum Gasteiger partial charge on any atom is -0.350 e. The van der Waals surface area contributed by atoms with Crippen molar-refractivity contribution in [3.63, 3.8) is 0 Å². The van der Waals surface area contributed by atoms with Gasteiger partial charge in [0, 0.05) is 19.0 Å². The molecule has 1 aromatic carbocycles. The second-order valence-corrected chi connectivity index (χ2v) is 7.07. The number of hydrogen-bond acceptors (Lipinski definition) is 3. The van der Waals surface area contributed by atoms with E-state index in [4.69, 9.17) is 0 Å². The summed E-state index contributed by atoms with van der Waals surface area (Å²) in [5.74, 6) is -0.567. The maximum atomic E-state index is 12.6. The summed E-state index contributed by atoms with van der Waals surface area (Å²) < 4.78 is 0. The molecule has 0 fully saturated rings. The molecule has 0 aliphatic carbocycles. The Balaban J connectivity index is 2.79. The number of carbonyl (C=O) groups is 3. The molecule has 1 rings (SSSR count). The second kappa shape index (κ2) is 9.20. The zero-order chi connectivity index (χ0) is 19.0. The van der Waals surface area contributed by atoms with Crippen LogP contribution in [0.5, 0.6) is 0 Å². The zero-order valence-electron chi connectivity index (χ0n) is 15.8. The van der Waals surface area contributed by atoms with Crippen LogP contribution in [0.2, 0.25) is 0 Å². The Labute approximate surface area is 150 Å². The van der Waals surface area contributed by atoms with Crippen LogP contribution in [0.1, 0.15) is 52.6 Å². The number of carbonyl (C=O) groups excluding carboxylic acids is 3. The van der Waals surface area contributed by atoms with Crippen molar-refractivity contribution in [1.29, 1.82) is 0 Å². The standard InChI is InChI=1S/C19H29N3O3/c1-6-22(13-17(24)21-19(3,4)5)18(25)12-16(20-14(2)23)15-10-8-7-9-11-15/h7-11,16H,6,12-13H2,1-5H3,(H,20,23)(H,21,24). The highest BCUT2D eigenvalue weighted by Gasteiger charge is 2.23. The van der Waals surface area contributed by atoms with Crippen molar-refractivity contribution in [3.8, 4) is 0 Å². The van der Waals surface area contributed by atoms with Gasteiger partial charge >= 0.3 is 0 Å². The highest BCUT2D eigenvalue weighted by molar-refractivity contribution is 5.85. The van der Waals surface area contributed by atoms with Crippen LogP contribution in [-0.2, 0) is 14.4 Å². The smallest absolute Gasteiger partial charge is 0.240 e. The molecule has 0 aromatic heterocycles. The van der Waals surface area contributed by atoms with Crippen molar-refractivity contribution in [2.24, 2.45) is 0 Å². The molecule has 0 bridgehead atoms. The molecule has 1 aromatic rings. The molecule has 1 unspecified atom stereocenters. The summed E-state index contributed by atoms with van der Waals surface area (Å²) in [6, 6.07) is 8.94. The fraction of sp³-hybridized carbons (Fsp3) is 0.526. The van der Waals surface area contributed by atoms with Gasteiger partial charge in [-0.3, -0.25) is 14.4 Å². The summed E-state index contributed by atoms with van der Waals surface area (Å²) in [6.45, 7) is 9.38. The molecule has 0 aliphatic rings. The van der Waals surface area contributed by atoms with Gasteiger partial charge in [0.1, 0.15) is 0 Å². The maximum absolute atomic E-state index is 12.6. The zero-order valence-corrected chi connectivity index (χ0v) is 15.8. The van der Waals surface area contributed by atoms with Crippen LogP contribution in [0.25, 0.3) is 0 Å². The van der Waals surface area contributed by atoms with E-state index in [1.54, 1.807) is 0 Å². The molecule has 0 saturated heterocycles. The first-order chi connectivity index (χ1) is 11.6. The van der Waals surface area contributed by atoms with Gasteiger partial charge in [-0.25, -0.2) is 0 Å². The minimum absolute atomic E-state index is 0.00812. The van der Waals surface area contributed by atoms with Crippen molar-refractivity contribution in [2.45, 2.75) is 52.6 Å². The molecule has 0 aliphatic heterocycles. The lowest BCUT2D eigenvalue weighted by atomic mass is 10.0. The minimum atomic E-state index is -0.411. The van der Waals surface area contributed by atoms with Crippen molar-refractivity contribution in [3.05, 3.63) is 35.9 Å². The van der Waals surface area contributed by atoms with E-state index in [0.717, 1.165) is 5.56 Å². The number of likely N-dealkylation sites (N-methyl/N-ethyl adjacent to an activating group) is 1. The third kappa shape index (κ3) is 7.83. The highest BCUT2D eigenvalue weighted by atomic mass is 16.2. The molecule has 0 radical (unpaired) electrons. The summed E-state index contributed by atoms with van der Waals surface area (Å²) in [5.41, 5.74) is 0.517. The third-order valence-corrected chi connectivity index (χ3v) is 3.54. The van der Waals surface area contributed by atoms with Crippen LogP contribution >= 0.6 is 0 Å². The fourth-order valence-electron chi connectivity index (χ4n) is 2.49. The van der Waals surface area contributed by atoms with E-state index in [0.29, 0.717) is 6.54 Å². The molecule has 138 valence electrons. The molecule has 25 heavy (non-hydrogen) atoms. The summed E-state index contributed by atoms with van der Waals surface area (Å²) >= 11 is 0. The molecular formula is C19H29N3O3. The summed E-state index contributed by atoms with van der Waals surface area (Å²) in [5, 5.41) is 5.66. The first kappa shape index (κ1) is 20.7. The predicted octanol–water partition coefficient (Wildman–Crippen LogP) is 2.02. The van der Waals surface area contributed by atoms with Crippen LogP contribution in [0.15, 0.2) is 30.3 Å². The van der Waals surface area contributed by atoms with Crippen LogP contribution in [0.3, 0.4) is 0 Å². The van der Waals surface area contributed by atoms with E-state index >= 15 is 0 Å².